The van der Waals surface area contributed by atoms with E-state index >= 15 is 0 Å². The monoisotopic (exact) mass is 243 g/mol. The first kappa shape index (κ1) is 11.3. The van der Waals surface area contributed by atoms with E-state index < -0.39 is 0 Å². The summed E-state index contributed by atoms with van der Waals surface area (Å²) in [4.78, 5) is 4.35. The van der Waals surface area contributed by atoms with E-state index in [1.807, 2.05) is 24.4 Å². The molecule has 2 aromatic rings. The number of imidazole rings is 1. The van der Waals surface area contributed by atoms with E-state index in [1.54, 1.807) is 6.20 Å². The van der Waals surface area contributed by atoms with E-state index in [2.05, 4.69) is 22.5 Å². The number of benzene rings is 1. The molecular weight excluding hydrogens is 226 g/mol. The van der Waals surface area contributed by atoms with Gasteiger partial charge in [0.25, 0.3) is 0 Å². The van der Waals surface area contributed by atoms with Crippen LogP contribution in [0.25, 0.3) is 0 Å². The maximum Gasteiger partial charge on any atom is 0.129 e. The molecule has 0 spiro atoms. The molecule has 2 N–H and O–H groups in total. The zero-order valence-corrected chi connectivity index (χ0v) is 10.4. The maximum atomic E-state index is 6.29. The molecule has 2 atom stereocenters. The molecule has 1 aromatic carbocycles. The van der Waals surface area contributed by atoms with E-state index in [1.165, 1.54) is 5.56 Å². The van der Waals surface area contributed by atoms with Crippen molar-refractivity contribution in [2.75, 3.05) is 0 Å². The van der Waals surface area contributed by atoms with Crippen LogP contribution >= 0.6 is 0 Å². The topological polar surface area (TPSA) is 53.1 Å². The summed E-state index contributed by atoms with van der Waals surface area (Å²) in [6, 6.07) is 7.92. The molecule has 0 aliphatic carbocycles. The van der Waals surface area contributed by atoms with Gasteiger partial charge in [0, 0.05) is 25.4 Å². The zero-order chi connectivity index (χ0) is 12.5. The fourth-order valence-electron chi connectivity index (χ4n) is 2.46. The molecule has 4 nitrogen and oxygen atoms in total. The van der Waals surface area contributed by atoms with Crippen LogP contribution in [0, 0.1) is 0 Å². The highest BCUT2D eigenvalue weighted by atomic mass is 16.5. The predicted molar refractivity (Wildman–Crippen MR) is 69.4 cm³/mol. The van der Waals surface area contributed by atoms with Gasteiger partial charge in [-0.15, -0.1) is 0 Å². The lowest BCUT2D eigenvalue weighted by Crippen LogP contribution is -2.32. The number of aryl methyl sites for hydroxylation is 1. The molecule has 0 fully saturated rings. The van der Waals surface area contributed by atoms with Crippen LogP contribution in [0.3, 0.4) is 0 Å². The van der Waals surface area contributed by atoms with Crippen LogP contribution in [0.2, 0.25) is 0 Å². The minimum atomic E-state index is -0.188. The third kappa shape index (κ3) is 1.78. The summed E-state index contributed by atoms with van der Waals surface area (Å²) < 4.78 is 7.98. The Bertz CT molecular complexity index is 524. The van der Waals surface area contributed by atoms with Crippen LogP contribution in [0.4, 0.5) is 0 Å². The lowest BCUT2D eigenvalue weighted by molar-refractivity contribution is 0.193. The third-order valence-corrected chi connectivity index (χ3v) is 3.46. The molecule has 0 amide bonds. The molecular formula is C14H17N3O. The van der Waals surface area contributed by atoms with Gasteiger partial charge in [0.05, 0.1) is 0 Å². The lowest BCUT2D eigenvalue weighted by Gasteiger charge is -2.19. The lowest BCUT2D eigenvalue weighted by atomic mass is 10.0. The van der Waals surface area contributed by atoms with E-state index in [4.69, 9.17) is 10.5 Å². The van der Waals surface area contributed by atoms with Crippen molar-refractivity contribution in [1.82, 2.24) is 9.55 Å². The first-order valence-corrected chi connectivity index (χ1v) is 6.30. The van der Waals surface area contributed by atoms with Gasteiger partial charge in [0.2, 0.25) is 0 Å². The summed E-state index contributed by atoms with van der Waals surface area (Å²) in [5.41, 5.74) is 7.52. The van der Waals surface area contributed by atoms with Crippen LogP contribution in [0.5, 0.6) is 5.75 Å². The first-order valence-electron chi connectivity index (χ1n) is 6.30. The number of fused-ring (bicyclic) bond motifs is 1. The fraction of sp³-hybridized carbons (Fsp3) is 0.357. The number of nitrogens with two attached hydrogens (primary N) is 1. The van der Waals surface area contributed by atoms with Crippen LogP contribution in [-0.2, 0) is 13.0 Å². The second-order valence-electron chi connectivity index (χ2n) is 4.57. The average Bonchev–Trinajstić information content (AvgIpc) is 3.03. The van der Waals surface area contributed by atoms with Gasteiger partial charge in [-0.2, -0.15) is 0 Å². The van der Waals surface area contributed by atoms with E-state index in [0.717, 1.165) is 24.5 Å². The van der Waals surface area contributed by atoms with Gasteiger partial charge in [-0.05, 0) is 18.6 Å². The van der Waals surface area contributed by atoms with Crippen LogP contribution in [-0.4, -0.2) is 15.7 Å². The van der Waals surface area contributed by atoms with Crippen LogP contribution in [0.15, 0.2) is 36.7 Å². The standard InChI is InChI=1S/C14H17N3O/c1-2-17-8-7-16-14(17)13(15)12-9-10-5-3-4-6-11(10)18-12/h3-8,12-13H,2,9,15H2,1H3. The SMILES string of the molecule is CCn1ccnc1C(N)C1Cc2ccccc2O1. The van der Waals surface area contributed by atoms with Gasteiger partial charge < -0.3 is 15.0 Å². The molecule has 2 heterocycles. The first-order chi connectivity index (χ1) is 8.79. The highest BCUT2D eigenvalue weighted by Gasteiger charge is 2.30. The van der Waals surface area contributed by atoms with Crippen molar-refractivity contribution >= 4 is 0 Å². The normalized spacial score (nSPS) is 19.3. The number of para-hydroxylation sites is 1. The summed E-state index contributed by atoms with van der Waals surface area (Å²) in [5, 5.41) is 0. The van der Waals surface area contributed by atoms with Crippen molar-refractivity contribution in [3.63, 3.8) is 0 Å². The number of aromatic nitrogens is 2. The fourth-order valence-corrected chi connectivity index (χ4v) is 2.46. The smallest absolute Gasteiger partial charge is 0.129 e. The van der Waals surface area contributed by atoms with Crippen molar-refractivity contribution < 1.29 is 4.74 Å². The molecule has 0 radical (unpaired) electrons. The van der Waals surface area contributed by atoms with Gasteiger partial charge in [-0.3, -0.25) is 0 Å². The largest absolute Gasteiger partial charge is 0.488 e. The van der Waals surface area contributed by atoms with Crippen molar-refractivity contribution in [3.05, 3.63) is 48.0 Å². The molecule has 3 rings (SSSR count). The molecule has 0 saturated heterocycles. The Morgan fingerprint density at radius 1 is 1.50 bits per heavy atom. The molecule has 1 aliphatic heterocycles. The molecule has 1 aromatic heterocycles. The quantitative estimate of drug-likeness (QED) is 0.895. The van der Waals surface area contributed by atoms with Crippen molar-refractivity contribution in [3.8, 4) is 5.75 Å². The predicted octanol–water partition coefficient (Wildman–Crippen LogP) is 1.91. The van der Waals surface area contributed by atoms with E-state index in [9.17, 15) is 0 Å². The third-order valence-electron chi connectivity index (χ3n) is 3.46. The minimum Gasteiger partial charge on any atom is -0.488 e. The zero-order valence-electron chi connectivity index (χ0n) is 10.4. The van der Waals surface area contributed by atoms with Crippen LogP contribution in [0.1, 0.15) is 24.4 Å². The van der Waals surface area contributed by atoms with E-state index in [0.29, 0.717) is 0 Å². The van der Waals surface area contributed by atoms with Crippen molar-refractivity contribution in [1.29, 1.82) is 0 Å². The Balaban J connectivity index is 1.82. The Hall–Kier alpha value is -1.81. The summed E-state index contributed by atoms with van der Waals surface area (Å²) >= 11 is 0. The average molecular weight is 243 g/mol. The van der Waals surface area contributed by atoms with Gasteiger partial charge in [0.1, 0.15) is 23.7 Å². The number of ether oxygens (including phenoxy) is 1. The Morgan fingerprint density at radius 3 is 3.11 bits per heavy atom. The highest BCUT2D eigenvalue weighted by molar-refractivity contribution is 5.37. The molecule has 94 valence electrons. The Morgan fingerprint density at radius 2 is 2.33 bits per heavy atom. The Labute approximate surface area is 106 Å². The molecule has 2 unspecified atom stereocenters. The molecule has 0 bridgehead atoms. The van der Waals surface area contributed by atoms with Gasteiger partial charge in [0.15, 0.2) is 0 Å². The molecule has 18 heavy (non-hydrogen) atoms. The highest BCUT2D eigenvalue weighted by Crippen LogP contribution is 2.32. The summed E-state index contributed by atoms with van der Waals surface area (Å²) in [6.07, 6.45) is 4.58. The minimum absolute atomic E-state index is 0.0184. The second-order valence-corrected chi connectivity index (χ2v) is 4.57. The summed E-state index contributed by atoms with van der Waals surface area (Å²) in [7, 11) is 0. The van der Waals surface area contributed by atoms with Crippen molar-refractivity contribution in [2.24, 2.45) is 5.73 Å². The summed E-state index contributed by atoms with van der Waals surface area (Å²) in [6.45, 7) is 2.96. The van der Waals surface area contributed by atoms with Crippen LogP contribution < -0.4 is 10.5 Å². The molecule has 1 aliphatic rings. The van der Waals surface area contributed by atoms with Crippen molar-refractivity contribution in [2.45, 2.75) is 32.0 Å². The maximum absolute atomic E-state index is 6.29. The number of hydrogen-bond acceptors (Lipinski definition) is 3. The van der Waals surface area contributed by atoms with Gasteiger partial charge in [-0.25, -0.2) is 4.98 Å². The molecule has 4 heteroatoms. The number of rotatable bonds is 3. The summed E-state index contributed by atoms with van der Waals surface area (Å²) in [5.74, 6) is 1.85. The van der Waals surface area contributed by atoms with Gasteiger partial charge >= 0.3 is 0 Å². The number of nitrogens with zero attached hydrogens (tertiary/aromatic N) is 2. The van der Waals surface area contributed by atoms with E-state index in [-0.39, 0.29) is 12.1 Å². The second kappa shape index (κ2) is 4.46. The Kier molecular flexibility index (Phi) is 2.80. The van der Waals surface area contributed by atoms with Gasteiger partial charge in [-0.1, -0.05) is 18.2 Å². The molecule has 0 saturated carbocycles. The number of hydrogen-bond donors (Lipinski definition) is 1.